The van der Waals surface area contributed by atoms with Crippen LogP contribution in [0, 0.1) is 20.2 Å². The summed E-state index contributed by atoms with van der Waals surface area (Å²) < 4.78 is 5.47. The number of nitrogens with zero attached hydrogens (tertiary/aromatic N) is 5. The van der Waals surface area contributed by atoms with Gasteiger partial charge in [-0.05, 0) is 12.1 Å². The van der Waals surface area contributed by atoms with Crippen molar-refractivity contribution in [3.05, 3.63) is 68.3 Å². The fourth-order valence-electron chi connectivity index (χ4n) is 3.35. The van der Waals surface area contributed by atoms with Crippen molar-refractivity contribution in [3.63, 3.8) is 0 Å². The molecule has 2 heterocycles. The number of nitro benzene ring substituents is 2. The molecule has 2 aliphatic rings. The number of hydrazone groups is 1. The van der Waals surface area contributed by atoms with E-state index in [2.05, 4.69) is 10.1 Å². The second kappa shape index (κ2) is 7.05. The number of hydrogen-bond acceptors (Lipinski definition) is 10. The molecule has 2 aliphatic heterocycles. The van der Waals surface area contributed by atoms with Crippen molar-refractivity contribution < 1.29 is 14.6 Å². The van der Waals surface area contributed by atoms with Gasteiger partial charge in [0, 0.05) is 11.6 Å². The van der Waals surface area contributed by atoms with Gasteiger partial charge in [0.2, 0.25) is 0 Å². The summed E-state index contributed by atoms with van der Waals surface area (Å²) in [7, 11) is 1.53. The molecule has 0 radical (unpaired) electrons. The second-order valence-corrected chi connectivity index (χ2v) is 7.33. The van der Waals surface area contributed by atoms with Gasteiger partial charge < -0.3 is 10.5 Å². The fraction of sp³-hybridized carbons (Fsp3) is 0.176. The van der Waals surface area contributed by atoms with Gasteiger partial charge in [-0.15, -0.1) is 0 Å². The predicted molar refractivity (Wildman–Crippen MR) is 108 cm³/mol. The van der Waals surface area contributed by atoms with Crippen LogP contribution in [0.3, 0.4) is 0 Å². The SMILES string of the molecule is COc1ccccc1[C@H]1[C@H]2SC(N)=NC2=NN1c1ccc([N+](=O)[O-])cc1[N+](=O)[O-]. The number of non-ortho nitro benzene ring substituents is 1. The van der Waals surface area contributed by atoms with Crippen molar-refractivity contribution in [1.29, 1.82) is 0 Å². The van der Waals surface area contributed by atoms with Crippen LogP contribution in [0.2, 0.25) is 0 Å². The Kier molecular flexibility index (Phi) is 4.54. The molecule has 0 spiro atoms. The molecule has 0 saturated heterocycles. The van der Waals surface area contributed by atoms with Gasteiger partial charge in [0.05, 0.1) is 23.0 Å². The lowest BCUT2D eigenvalue weighted by Crippen LogP contribution is -2.27. The third-order valence-electron chi connectivity index (χ3n) is 4.56. The van der Waals surface area contributed by atoms with E-state index in [9.17, 15) is 20.2 Å². The van der Waals surface area contributed by atoms with E-state index in [4.69, 9.17) is 10.5 Å². The maximum Gasteiger partial charge on any atom is 0.301 e. The van der Waals surface area contributed by atoms with Crippen molar-refractivity contribution in [2.45, 2.75) is 11.3 Å². The highest BCUT2D eigenvalue weighted by atomic mass is 32.2. The molecule has 0 fully saturated rings. The molecule has 29 heavy (non-hydrogen) atoms. The Morgan fingerprint density at radius 1 is 1.17 bits per heavy atom. The summed E-state index contributed by atoms with van der Waals surface area (Å²) in [5.74, 6) is 1.01. The topological polar surface area (TPSA) is 149 Å². The van der Waals surface area contributed by atoms with E-state index >= 15 is 0 Å². The van der Waals surface area contributed by atoms with E-state index in [0.29, 0.717) is 16.8 Å². The van der Waals surface area contributed by atoms with Crippen LogP contribution in [0.5, 0.6) is 5.75 Å². The van der Waals surface area contributed by atoms with Crippen molar-refractivity contribution in [3.8, 4) is 5.75 Å². The summed E-state index contributed by atoms with van der Waals surface area (Å²) >= 11 is 1.30. The summed E-state index contributed by atoms with van der Waals surface area (Å²) in [5, 5.41) is 28.7. The van der Waals surface area contributed by atoms with Crippen molar-refractivity contribution in [2.75, 3.05) is 12.1 Å². The Hall–Kier alpha value is -3.67. The van der Waals surface area contributed by atoms with Crippen LogP contribution in [0.15, 0.2) is 52.6 Å². The number of benzene rings is 2. The molecular formula is C17H14N6O5S. The Balaban J connectivity index is 1.89. The molecule has 0 amide bonds. The molecule has 0 saturated carbocycles. The molecule has 2 aromatic rings. The molecule has 0 aromatic heterocycles. The molecule has 11 nitrogen and oxygen atoms in total. The van der Waals surface area contributed by atoms with Crippen LogP contribution < -0.4 is 15.5 Å². The van der Waals surface area contributed by atoms with Crippen LogP contribution in [-0.4, -0.2) is 33.2 Å². The average molecular weight is 414 g/mol. The highest BCUT2D eigenvalue weighted by Crippen LogP contribution is 2.48. The standard InChI is InChI=1S/C17H14N6O5S/c1-28-13-5-3-2-4-10(13)14-15-16(19-17(18)29-15)20-21(14)11-7-6-9(22(24)25)8-12(11)23(26)27/h2-8,14-15H,1H3,(H2,18,19,20)/t14-,15+/m0/s1. The van der Waals surface area contributed by atoms with Gasteiger partial charge in [-0.2, -0.15) is 5.10 Å². The zero-order valence-corrected chi connectivity index (χ0v) is 15.8. The first-order valence-electron chi connectivity index (χ1n) is 8.35. The quantitative estimate of drug-likeness (QED) is 0.579. The zero-order chi connectivity index (χ0) is 20.7. The third kappa shape index (κ3) is 3.12. The molecule has 2 aromatic carbocycles. The highest BCUT2D eigenvalue weighted by molar-refractivity contribution is 8.15. The van der Waals surface area contributed by atoms with E-state index in [1.165, 1.54) is 36.0 Å². The maximum absolute atomic E-state index is 11.6. The number of aliphatic imine (C=N–C) groups is 1. The van der Waals surface area contributed by atoms with Gasteiger partial charge in [-0.1, -0.05) is 30.0 Å². The predicted octanol–water partition coefficient (Wildman–Crippen LogP) is 2.82. The lowest BCUT2D eigenvalue weighted by atomic mass is 10.0. The number of rotatable bonds is 5. The van der Waals surface area contributed by atoms with Crippen LogP contribution in [0.25, 0.3) is 0 Å². The maximum atomic E-state index is 11.6. The van der Waals surface area contributed by atoms with Gasteiger partial charge in [0.1, 0.15) is 22.7 Å². The summed E-state index contributed by atoms with van der Waals surface area (Å²) in [6.45, 7) is 0. The summed E-state index contributed by atoms with van der Waals surface area (Å²) in [5.41, 5.74) is 5.91. The molecule has 0 unspecified atom stereocenters. The Bertz CT molecular complexity index is 1090. The van der Waals surface area contributed by atoms with Crippen molar-refractivity contribution in [2.24, 2.45) is 15.8 Å². The number of anilines is 1. The number of fused-ring (bicyclic) bond motifs is 1. The lowest BCUT2D eigenvalue weighted by molar-refractivity contribution is -0.393. The number of thioether (sulfide) groups is 1. The van der Waals surface area contributed by atoms with E-state index in [1.54, 1.807) is 6.07 Å². The first-order valence-corrected chi connectivity index (χ1v) is 9.23. The minimum atomic E-state index is -0.681. The van der Waals surface area contributed by atoms with Gasteiger partial charge in [0.25, 0.3) is 5.69 Å². The molecule has 4 rings (SSSR count). The van der Waals surface area contributed by atoms with E-state index in [1.807, 2.05) is 18.2 Å². The van der Waals surface area contributed by atoms with Crippen molar-refractivity contribution >= 4 is 39.8 Å². The van der Waals surface area contributed by atoms with E-state index < -0.39 is 21.6 Å². The summed E-state index contributed by atoms with van der Waals surface area (Å²) in [6.07, 6.45) is 0. The summed E-state index contributed by atoms with van der Waals surface area (Å²) in [6, 6.07) is 10.2. The molecule has 148 valence electrons. The smallest absolute Gasteiger partial charge is 0.301 e. The van der Waals surface area contributed by atoms with Crippen LogP contribution in [0.4, 0.5) is 17.1 Å². The Morgan fingerprint density at radius 3 is 2.62 bits per heavy atom. The first kappa shape index (κ1) is 18.7. The molecular weight excluding hydrogens is 400 g/mol. The monoisotopic (exact) mass is 414 g/mol. The number of ether oxygens (including phenoxy) is 1. The van der Waals surface area contributed by atoms with Gasteiger partial charge in [-0.25, -0.2) is 10.0 Å². The molecule has 0 aliphatic carbocycles. The normalized spacial score (nSPS) is 20.1. The highest BCUT2D eigenvalue weighted by Gasteiger charge is 2.46. The summed E-state index contributed by atoms with van der Waals surface area (Å²) in [4.78, 5) is 25.6. The number of para-hydroxylation sites is 1. The van der Waals surface area contributed by atoms with E-state index in [-0.39, 0.29) is 16.6 Å². The number of nitrogens with two attached hydrogens (primary N) is 1. The third-order valence-corrected chi connectivity index (χ3v) is 5.61. The lowest BCUT2D eigenvalue weighted by Gasteiger charge is -2.27. The number of amidine groups is 2. The first-order chi connectivity index (χ1) is 13.9. The minimum absolute atomic E-state index is 0.118. The Morgan fingerprint density at radius 2 is 1.93 bits per heavy atom. The molecule has 2 atom stereocenters. The van der Waals surface area contributed by atoms with Crippen LogP contribution in [-0.2, 0) is 0 Å². The molecule has 2 N–H and O–H groups in total. The minimum Gasteiger partial charge on any atom is -0.496 e. The molecule has 12 heteroatoms. The van der Waals surface area contributed by atoms with Crippen LogP contribution >= 0.6 is 11.8 Å². The van der Waals surface area contributed by atoms with E-state index in [0.717, 1.165) is 11.6 Å². The van der Waals surface area contributed by atoms with Crippen LogP contribution in [0.1, 0.15) is 11.6 Å². The zero-order valence-electron chi connectivity index (χ0n) is 15.0. The average Bonchev–Trinajstić information content (AvgIpc) is 3.23. The number of methoxy groups -OCH3 is 1. The largest absolute Gasteiger partial charge is 0.496 e. The second-order valence-electron chi connectivity index (χ2n) is 6.17. The number of hydrogen-bond donors (Lipinski definition) is 1. The van der Waals surface area contributed by atoms with Gasteiger partial charge in [-0.3, -0.25) is 20.2 Å². The van der Waals surface area contributed by atoms with Crippen molar-refractivity contribution in [1.82, 2.24) is 0 Å². The Labute approximate surface area is 168 Å². The van der Waals surface area contributed by atoms with Gasteiger partial charge in [0.15, 0.2) is 11.0 Å². The number of nitro groups is 2. The molecule has 0 bridgehead atoms. The van der Waals surface area contributed by atoms with Gasteiger partial charge >= 0.3 is 5.69 Å². The fourth-order valence-corrected chi connectivity index (χ4v) is 4.35.